The third-order valence-corrected chi connectivity index (χ3v) is 11.1. The first-order valence-corrected chi connectivity index (χ1v) is 19.1. The molecule has 0 aliphatic carbocycles. The SMILES string of the molecule is c1ccc(C2=C(c3ccc(Nc4ccc5ccccc5c4-c4cc5c(c6ccccc46)c4ccccc4n5-c4ccccc4)cc3)Nc3ccccc3N2)cc1. The van der Waals surface area contributed by atoms with E-state index in [0.29, 0.717) is 0 Å². The van der Waals surface area contributed by atoms with Crippen LogP contribution in [-0.2, 0) is 0 Å². The van der Waals surface area contributed by atoms with Crippen molar-refractivity contribution < 1.29 is 0 Å². The predicted molar refractivity (Wildman–Crippen MR) is 238 cm³/mol. The number of rotatable bonds is 6. The molecule has 10 aromatic rings. The van der Waals surface area contributed by atoms with Crippen LogP contribution in [0.5, 0.6) is 0 Å². The van der Waals surface area contributed by atoms with Crippen LogP contribution in [-0.4, -0.2) is 4.57 Å². The van der Waals surface area contributed by atoms with Crippen molar-refractivity contribution in [3.8, 4) is 16.8 Å². The number of hydrogen-bond acceptors (Lipinski definition) is 3. The fourth-order valence-electron chi connectivity index (χ4n) is 8.57. The zero-order valence-electron chi connectivity index (χ0n) is 30.5. The second-order valence-corrected chi connectivity index (χ2v) is 14.4. The third kappa shape index (κ3) is 5.23. The van der Waals surface area contributed by atoms with Crippen molar-refractivity contribution in [1.82, 2.24) is 4.57 Å². The second-order valence-electron chi connectivity index (χ2n) is 14.4. The summed E-state index contributed by atoms with van der Waals surface area (Å²) in [6.07, 6.45) is 0. The minimum atomic E-state index is 1.01. The van der Waals surface area contributed by atoms with Gasteiger partial charge in [0.1, 0.15) is 0 Å². The van der Waals surface area contributed by atoms with Gasteiger partial charge in [0.15, 0.2) is 0 Å². The van der Waals surface area contributed by atoms with Gasteiger partial charge in [0.25, 0.3) is 0 Å². The minimum Gasteiger partial charge on any atom is -0.355 e. The Balaban J connectivity index is 1.08. The Hall–Kier alpha value is -7.56. The van der Waals surface area contributed by atoms with E-state index in [2.05, 4.69) is 221 Å². The number of hydrogen-bond donors (Lipinski definition) is 3. The Morgan fingerprint density at radius 1 is 0.411 bits per heavy atom. The summed E-state index contributed by atoms with van der Waals surface area (Å²) in [5.41, 5.74) is 14.4. The van der Waals surface area contributed by atoms with Crippen molar-refractivity contribution >= 4 is 77.5 Å². The molecule has 4 nitrogen and oxygen atoms in total. The molecule has 0 spiro atoms. The topological polar surface area (TPSA) is 41.0 Å². The van der Waals surface area contributed by atoms with Crippen molar-refractivity contribution in [2.45, 2.75) is 0 Å². The Morgan fingerprint density at radius 2 is 0.982 bits per heavy atom. The second kappa shape index (κ2) is 13.1. The molecule has 1 aliphatic rings. The molecule has 0 fully saturated rings. The number of aromatic nitrogens is 1. The van der Waals surface area contributed by atoms with Gasteiger partial charge in [-0.3, -0.25) is 0 Å². The number of para-hydroxylation sites is 4. The summed E-state index contributed by atoms with van der Waals surface area (Å²) in [5, 5.41) is 18.7. The molecule has 0 saturated heterocycles. The summed E-state index contributed by atoms with van der Waals surface area (Å²) < 4.78 is 2.42. The zero-order chi connectivity index (χ0) is 37.0. The molecule has 3 N–H and O–H groups in total. The Labute approximate surface area is 325 Å². The summed E-state index contributed by atoms with van der Waals surface area (Å²) in [5.74, 6) is 0. The highest BCUT2D eigenvalue weighted by atomic mass is 15.0. The quantitative estimate of drug-likeness (QED) is 0.160. The molecule has 9 aromatic carbocycles. The number of nitrogens with zero attached hydrogens (tertiary/aromatic N) is 1. The highest BCUT2D eigenvalue weighted by molar-refractivity contribution is 6.26. The number of anilines is 4. The number of fused-ring (bicyclic) bond motifs is 7. The van der Waals surface area contributed by atoms with Crippen LogP contribution >= 0.6 is 0 Å². The molecule has 264 valence electrons. The van der Waals surface area contributed by atoms with Gasteiger partial charge in [-0.15, -0.1) is 0 Å². The standard InChI is InChI=1S/C52H36N4/c1-3-16-35(17-4-1)51-52(55-45-25-13-12-24-44(45)54-51)36-27-30-37(31-28-36)53-46-32-29-34-15-7-8-20-39(34)49(46)43-33-48-50(41-22-10-9-21-40(41)43)42-23-11-14-26-47(42)56(48)38-18-5-2-6-19-38/h1-33,53-55H. The van der Waals surface area contributed by atoms with Gasteiger partial charge in [-0.25, -0.2) is 0 Å². The molecular weight excluding hydrogens is 681 g/mol. The van der Waals surface area contributed by atoms with Crippen LogP contribution in [0.15, 0.2) is 200 Å². The van der Waals surface area contributed by atoms with Gasteiger partial charge < -0.3 is 20.5 Å². The predicted octanol–water partition coefficient (Wildman–Crippen LogP) is 13.9. The van der Waals surface area contributed by atoms with Gasteiger partial charge in [-0.2, -0.15) is 0 Å². The van der Waals surface area contributed by atoms with Gasteiger partial charge in [-0.1, -0.05) is 146 Å². The third-order valence-electron chi connectivity index (χ3n) is 11.1. The Morgan fingerprint density at radius 3 is 1.71 bits per heavy atom. The lowest BCUT2D eigenvalue weighted by molar-refractivity contribution is 1.18. The van der Waals surface area contributed by atoms with Gasteiger partial charge >= 0.3 is 0 Å². The van der Waals surface area contributed by atoms with E-state index in [1.165, 1.54) is 54.5 Å². The van der Waals surface area contributed by atoms with Crippen molar-refractivity contribution in [3.63, 3.8) is 0 Å². The summed E-state index contributed by atoms with van der Waals surface area (Å²) >= 11 is 0. The summed E-state index contributed by atoms with van der Waals surface area (Å²) in [7, 11) is 0. The molecule has 0 unspecified atom stereocenters. The first-order chi connectivity index (χ1) is 27.8. The van der Waals surface area contributed by atoms with E-state index in [0.717, 1.165) is 51.0 Å². The van der Waals surface area contributed by atoms with Crippen LogP contribution in [0.4, 0.5) is 22.7 Å². The molecule has 0 saturated carbocycles. The van der Waals surface area contributed by atoms with E-state index in [-0.39, 0.29) is 0 Å². The van der Waals surface area contributed by atoms with Crippen LogP contribution in [0.2, 0.25) is 0 Å². The minimum absolute atomic E-state index is 1.01. The lowest BCUT2D eigenvalue weighted by Gasteiger charge is -2.27. The molecule has 1 aliphatic heterocycles. The number of benzene rings is 9. The first kappa shape index (κ1) is 31.9. The van der Waals surface area contributed by atoms with Crippen LogP contribution in [0, 0.1) is 0 Å². The zero-order valence-corrected chi connectivity index (χ0v) is 30.5. The van der Waals surface area contributed by atoms with E-state index in [9.17, 15) is 0 Å². The van der Waals surface area contributed by atoms with E-state index >= 15 is 0 Å². The normalized spacial score (nSPS) is 12.5. The average molecular weight is 717 g/mol. The van der Waals surface area contributed by atoms with Crippen molar-refractivity contribution in [2.75, 3.05) is 16.0 Å². The van der Waals surface area contributed by atoms with Crippen molar-refractivity contribution in [1.29, 1.82) is 0 Å². The average Bonchev–Trinajstić information content (AvgIpc) is 3.61. The summed E-state index contributed by atoms with van der Waals surface area (Å²) in [6.45, 7) is 0. The van der Waals surface area contributed by atoms with E-state index < -0.39 is 0 Å². The van der Waals surface area contributed by atoms with Crippen molar-refractivity contribution in [2.24, 2.45) is 0 Å². The van der Waals surface area contributed by atoms with Crippen molar-refractivity contribution in [3.05, 3.63) is 211 Å². The smallest absolute Gasteiger partial charge is 0.0703 e. The van der Waals surface area contributed by atoms with Crippen LogP contribution < -0.4 is 16.0 Å². The van der Waals surface area contributed by atoms with E-state index in [4.69, 9.17) is 0 Å². The Bertz CT molecular complexity index is 3140. The van der Waals surface area contributed by atoms with Gasteiger partial charge in [-0.05, 0) is 81.7 Å². The molecule has 0 bridgehead atoms. The lowest BCUT2D eigenvalue weighted by Crippen LogP contribution is -2.15. The maximum Gasteiger partial charge on any atom is 0.0703 e. The largest absolute Gasteiger partial charge is 0.355 e. The monoisotopic (exact) mass is 716 g/mol. The lowest BCUT2D eigenvalue weighted by atomic mass is 9.90. The molecule has 11 rings (SSSR count). The molecular formula is C52H36N4. The highest BCUT2D eigenvalue weighted by Gasteiger charge is 2.22. The fourth-order valence-corrected chi connectivity index (χ4v) is 8.57. The fraction of sp³-hybridized carbons (Fsp3) is 0. The van der Waals surface area contributed by atoms with E-state index in [1.807, 2.05) is 0 Å². The van der Waals surface area contributed by atoms with E-state index in [1.54, 1.807) is 0 Å². The highest BCUT2D eigenvalue weighted by Crippen LogP contribution is 2.46. The van der Waals surface area contributed by atoms with Gasteiger partial charge in [0, 0.05) is 44.5 Å². The first-order valence-electron chi connectivity index (χ1n) is 19.1. The molecule has 0 amide bonds. The molecule has 56 heavy (non-hydrogen) atoms. The molecule has 1 aromatic heterocycles. The van der Waals surface area contributed by atoms with Gasteiger partial charge in [0.2, 0.25) is 0 Å². The molecule has 0 atom stereocenters. The van der Waals surface area contributed by atoms with Gasteiger partial charge in [0.05, 0.1) is 33.8 Å². The maximum absolute atomic E-state index is 3.88. The molecule has 0 radical (unpaired) electrons. The molecule has 2 heterocycles. The summed E-state index contributed by atoms with van der Waals surface area (Å²) in [4.78, 5) is 0. The van der Waals surface area contributed by atoms with Crippen LogP contribution in [0.3, 0.4) is 0 Å². The summed E-state index contributed by atoms with van der Waals surface area (Å²) in [6, 6.07) is 71.6. The Kier molecular flexibility index (Phi) is 7.46. The molecule has 4 heteroatoms. The van der Waals surface area contributed by atoms with Crippen LogP contribution in [0.25, 0.3) is 71.6 Å². The van der Waals surface area contributed by atoms with Crippen LogP contribution in [0.1, 0.15) is 11.1 Å². The number of nitrogens with one attached hydrogen (secondary N) is 3. The maximum atomic E-state index is 3.88.